The van der Waals surface area contributed by atoms with Crippen LogP contribution < -0.4 is 14.4 Å². The molecule has 0 aliphatic carbocycles. The van der Waals surface area contributed by atoms with Crippen molar-refractivity contribution in [2.24, 2.45) is 0 Å². The van der Waals surface area contributed by atoms with Gasteiger partial charge in [0.1, 0.15) is 41.4 Å². The molecule has 3 saturated heterocycles. The lowest BCUT2D eigenvalue weighted by molar-refractivity contribution is 0.0447. The van der Waals surface area contributed by atoms with Crippen LogP contribution in [0, 0.1) is 11.6 Å². The summed E-state index contributed by atoms with van der Waals surface area (Å²) in [5.74, 6) is -0.300. The van der Waals surface area contributed by atoms with Crippen LogP contribution in [-0.4, -0.2) is 89.0 Å². The van der Waals surface area contributed by atoms with Gasteiger partial charge in [0.2, 0.25) is 0 Å². The third kappa shape index (κ3) is 5.84. The Balaban J connectivity index is 1.38. The van der Waals surface area contributed by atoms with Crippen LogP contribution >= 0.6 is 0 Å². The van der Waals surface area contributed by atoms with Crippen molar-refractivity contribution in [2.75, 3.05) is 51.6 Å². The maximum atomic E-state index is 17.0. The number of benzene rings is 2. The minimum Gasteiger partial charge on any atom is -0.468 e. The van der Waals surface area contributed by atoms with E-state index in [1.54, 1.807) is 25.1 Å². The Morgan fingerprint density at radius 1 is 1.09 bits per heavy atom. The number of fused-ring (bicyclic) bond motifs is 3. The summed E-state index contributed by atoms with van der Waals surface area (Å²) in [5, 5.41) is 12.5. The predicted molar refractivity (Wildman–Crippen MR) is 173 cm³/mol. The summed E-state index contributed by atoms with van der Waals surface area (Å²) in [7, 11) is 1.50. The first kappa shape index (κ1) is 31.8. The Kier molecular flexibility index (Phi) is 8.38. The lowest BCUT2D eigenvalue weighted by Crippen LogP contribution is -2.46. The number of hydrogen-bond acceptors (Lipinski definition) is 9. The number of aryl methyl sites for hydroxylation is 1. The highest BCUT2D eigenvalue weighted by Gasteiger charge is 2.49. The molecule has 3 aliphatic heterocycles. The monoisotopic (exact) mass is 651 g/mol. The quantitative estimate of drug-likeness (QED) is 0.220. The minimum atomic E-state index is -0.964. The molecule has 12 heteroatoms. The fraction of sp³-hybridized carbons (Fsp3) is 0.514. The Morgan fingerprint density at radius 3 is 2.70 bits per heavy atom. The number of methoxy groups -OCH3 is 1. The lowest BCUT2D eigenvalue weighted by Gasteiger charge is -2.38. The van der Waals surface area contributed by atoms with Gasteiger partial charge >= 0.3 is 6.01 Å². The molecule has 0 saturated carbocycles. The van der Waals surface area contributed by atoms with Crippen molar-refractivity contribution in [2.45, 2.75) is 69.7 Å². The summed E-state index contributed by atoms with van der Waals surface area (Å²) in [5.41, 5.74) is -0.660. The van der Waals surface area contributed by atoms with Crippen LogP contribution in [-0.2, 0) is 11.2 Å². The van der Waals surface area contributed by atoms with E-state index in [1.807, 2.05) is 11.8 Å². The second-order valence-electron chi connectivity index (χ2n) is 13.4. The molecule has 0 bridgehead atoms. The van der Waals surface area contributed by atoms with E-state index in [0.29, 0.717) is 77.6 Å². The number of alkyl halides is 1. The second-order valence-corrected chi connectivity index (χ2v) is 13.4. The van der Waals surface area contributed by atoms with E-state index in [1.165, 1.54) is 19.4 Å². The summed E-state index contributed by atoms with van der Waals surface area (Å²) >= 11 is 0. The van der Waals surface area contributed by atoms with Gasteiger partial charge in [0.05, 0.1) is 16.5 Å². The molecule has 2 aromatic heterocycles. The van der Waals surface area contributed by atoms with Crippen molar-refractivity contribution >= 4 is 27.5 Å². The maximum Gasteiger partial charge on any atom is 0.319 e. The van der Waals surface area contributed by atoms with Gasteiger partial charge < -0.3 is 24.2 Å². The van der Waals surface area contributed by atoms with Gasteiger partial charge in [0, 0.05) is 44.9 Å². The minimum absolute atomic E-state index is 0.0124. The number of piperidine rings is 1. The molecule has 2 aromatic carbocycles. The molecule has 3 fully saturated rings. The highest BCUT2D eigenvalue weighted by Crippen LogP contribution is 2.42. The topological polar surface area (TPSA) is 93.1 Å². The molecule has 9 nitrogen and oxygen atoms in total. The number of aromatic nitrogens is 3. The number of nitrogens with zero attached hydrogens (tertiary/aromatic N) is 5. The molecule has 47 heavy (non-hydrogen) atoms. The van der Waals surface area contributed by atoms with Gasteiger partial charge in [-0.15, -0.1) is 0 Å². The number of pyridine rings is 1. The number of β-amino-alcohol motifs (C(OH)–C–C–N with tert-alkyl or cyclic N) is 1. The Bertz CT molecular complexity index is 1820. The van der Waals surface area contributed by atoms with E-state index < -0.39 is 28.9 Å². The van der Waals surface area contributed by atoms with E-state index in [2.05, 4.69) is 14.9 Å². The van der Waals surface area contributed by atoms with Gasteiger partial charge in [-0.3, -0.25) is 9.88 Å². The fourth-order valence-corrected chi connectivity index (χ4v) is 7.79. The van der Waals surface area contributed by atoms with Gasteiger partial charge in [-0.2, -0.15) is 9.97 Å². The van der Waals surface area contributed by atoms with Crippen molar-refractivity contribution in [3.05, 3.63) is 47.7 Å². The van der Waals surface area contributed by atoms with Crippen LogP contribution in [0.15, 0.2) is 30.5 Å². The van der Waals surface area contributed by atoms with Crippen molar-refractivity contribution in [3.63, 3.8) is 0 Å². The molecule has 250 valence electrons. The van der Waals surface area contributed by atoms with Crippen molar-refractivity contribution < 1.29 is 32.5 Å². The largest absolute Gasteiger partial charge is 0.468 e. The summed E-state index contributed by atoms with van der Waals surface area (Å²) in [6, 6.07) is 6.41. The molecule has 5 heterocycles. The van der Waals surface area contributed by atoms with Crippen molar-refractivity contribution in [3.8, 4) is 23.0 Å². The van der Waals surface area contributed by atoms with Crippen molar-refractivity contribution in [1.29, 1.82) is 0 Å². The van der Waals surface area contributed by atoms with Gasteiger partial charge in [-0.05, 0) is 80.1 Å². The molecule has 3 atom stereocenters. The van der Waals surface area contributed by atoms with Gasteiger partial charge in [-0.1, -0.05) is 13.0 Å². The third-order valence-electron chi connectivity index (χ3n) is 9.94. The number of halogens is 3. The zero-order valence-electron chi connectivity index (χ0n) is 27.0. The van der Waals surface area contributed by atoms with Crippen LogP contribution in [0.2, 0.25) is 0 Å². The second kappa shape index (κ2) is 12.4. The number of hydrogen-bond donors (Lipinski definition) is 1. The summed E-state index contributed by atoms with van der Waals surface area (Å²) in [6.45, 7) is 5.83. The SMILES string of the molecule is CCc1c(F)ccc2cc(OCOC)cc(-c3ncc4c(N5CCC[C@](C)(O)C5)nc(OC[C@@]56CCCN5C[C@H](F)C6)nc4c3F)c12. The van der Waals surface area contributed by atoms with Crippen LogP contribution in [0.5, 0.6) is 11.8 Å². The van der Waals surface area contributed by atoms with E-state index in [-0.39, 0.29) is 37.2 Å². The van der Waals surface area contributed by atoms with E-state index in [4.69, 9.17) is 19.2 Å². The molecule has 0 spiro atoms. The molecular weight excluding hydrogens is 611 g/mol. The van der Waals surface area contributed by atoms with Crippen LogP contribution in [0.4, 0.5) is 19.0 Å². The third-order valence-corrected chi connectivity index (χ3v) is 9.94. The first-order chi connectivity index (χ1) is 22.6. The molecule has 7 rings (SSSR count). The highest BCUT2D eigenvalue weighted by atomic mass is 19.1. The molecule has 4 aromatic rings. The van der Waals surface area contributed by atoms with E-state index in [0.717, 1.165) is 19.4 Å². The van der Waals surface area contributed by atoms with E-state index in [9.17, 15) is 9.50 Å². The normalized spacial score (nSPS) is 24.7. The molecule has 0 radical (unpaired) electrons. The molecule has 0 amide bonds. The number of ether oxygens (including phenoxy) is 3. The number of anilines is 1. The Labute approximate surface area is 271 Å². The van der Waals surface area contributed by atoms with Gasteiger partial charge in [-0.25, -0.2) is 13.2 Å². The molecule has 0 unspecified atom stereocenters. The summed E-state index contributed by atoms with van der Waals surface area (Å²) < 4.78 is 63.7. The first-order valence-electron chi connectivity index (χ1n) is 16.3. The summed E-state index contributed by atoms with van der Waals surface area (Å²) in [4.78, 5) is 18.0. The molecule has 3 aliphatic rings. The standard InChI is InChI=1S/C35H40F3N5O4/c1-4-24-27(37)8-7-21-13-23(47-20-45-3)14-25(28(21)24)30-29(38)31-26(16-39-30)32(42-11-5-9-34(2,44)18-42)41-33(40-31)46-19-35-10-6-12-43(35)17-22(36)15-35/h7-8,13-14,16,22,44H,4-6,9-12,15,17-20H2,1-3H3/t22-,34+,35+/m1/s1. The summed E-state index contributed by atoms with van der Waals surface area (Å²) in [6.07, 6.45) is 4.44. The van der Waals surface area contributed by atoms with E-state index >= 15 is 8.78 Å². The Morgan fingerprint density at radius 2 is 1.91 bits per heavy atom. The van der Waals surface area contributed by atoms with Gasteiger partial charge in [0.25, 0.3) is 0 Å². The number of aliphatic hydroxyl groups is 1. The average Bonchev–Trinajstić information content (AvgIpc) is 3.57. The zero-order valence-corrected chi connectivity index (χ0v) is 27.0. The highest BCUT2D eigenvalue weighted by molar-refractivity contribution is 6.01. The Hall–Kier alpha value is -3.74. The zero-order chi connectivity index (χ0) is 32.9. The predicted octanol–water partition coefficient (Wildman–Crippen LogP) is 5.97. The van der Waals surface area contributed by atoms with Crippen LogP contribution in [0.1, 0.15) is 51.5 Å². The van der Waals surface area contributed by atoms with Crippen LogP contribution in [0.25, 0.3) is 32.9 Å². The smallest absolute Gasteiger partial charge is 0.319 e. The molecule has 1 N–H and O–H groups in total. The van der Waals surface area contributed by atoms with Crippen LogP contribution in [0.3, 0.4) is 0 Å². The van der Waals surface area contributed by atoms with Gasteiger partial charge in [0.15, 0.2) is 12.6 Å². The molecular formula is C35H40F3N5O4. The van der Waals surface area contributed by atoms with Crippen molar-refractivity contribution in [1.82, 2.24) is 19.9 Å². The average molecular weight is 652 g/mol. The number of rotatable bonds is 9. The maximum absolute atomic E-state index is 17.0. The lowest BCUT2D eigenvalue weighted by atomic mass is 9.94. The fourth-order valence-electron chi connectivity index (χ4n) is 7.79. The first-order valence-corrected chi connectivity index (χ1v) is 16.3.